The molecule has 0 amide bonds. The van der Waals surface area contributed by atoms with E-state index >= 15 is 0 Å². The SMILES string of the molecule is CCCCc1c(N)c(C)c(N)c(CC)c1CC. The van der Waals surface area contributed by atoms with Crippen LogP contribution < -0.4 is 11.5 Å². The number of unbranched alkanes of at least 4 members (excludes halogenated alkanes) is 1. The van der Waals surface area contributed by atoms with Gasteiger partial charge in [0.15, 0.2) is 0 Å². The highest BCUT2D eigenvalue weighted by molar-refractivity contribution is 5.71. The van der Waals surface area contributed by atoms with Crippen LogP contribution in [0.1, 0.15) is 55.9 Å². The molecule has 0 aliphatic rings. The van der Waals surface area contributed by atoms with Crippen molar-refractivity contribution in [2.45, 2.75) is 59.8 Å². The summed E-state index contributed by atoms with van der Waals surface area (Å²) >= 11 is 0. The molecule has 2 nitrogen and oxygen atoms in total. The molecule has 0 aliphatic heterocycles. The largest absolute Gasteiger partial charge is 0.398 e. The standard InChI is InChI=1S/C15H26N2/c1-5-8-9-13-11(6-2)12(7-3)14(16)10(4)15(13)17/h5-9,16-17H2,1-4H3. The van der Waals surface area contributed by atoms with Gasteiger partial charge in [-0.3, -0.25) is 0 Å². The molecular weight excluding hydrogens is 208 g/mol. The fourth-order valence-corrected chi connectivity index (χ4v) is 2.57. The van der Waals surface area contributed by atoms with Gasteiger partial charge in [0, 0.05) is 11.4 Å². The van der Waals surface area contributed by atoms with Crippen molar-refractivity contribution in [1.29, 1.82) is 0 Å². The highest BCUT2D eigenvalue weighted by Gasteiger charge is 2.16. The van der Waals surface area contributed by atoms with E-state index in [9.17, 15) is 0 Å². The maximum atomic E-state index is 6.24. The average molecular weight is 234 g/mol. The van der Waals surface area contributed by atoms with Crippen molar-refractivity contribution < 1.29 is 0 Å². The van der Waals surface area contributed by atoms with E-state index in [-0.39, 0.29) is 0 Å². The average Bonchev–Trinajstić information content (AvgIpc) is 2.34. The Bertz CT molecular complexity index is 395. The number of anilines is 2. The smallest absolute Gasteiger partial charge is 0.0399 e. The third kappa shape index (κ3) is 2.56. The lowest BCUT2D eigenvalue weighted by Gasteiger charge is -2.20. The fourth-order valence-electron chi connectivity index (χ4n) is 2.57. The maximum absolute atomic E-state index is 6.24. The van der Waals surface area contributed by atoms with E-state index in [1.54, 1.807) is 0 Å². The van der Waals surface area contributed by atoms with Gasteiger partial charge < -0.3 is 11.5 Å². The lowest BCUT2D eigenvalue weighted by atomic mass is 9.88. The van der Waals surface area contributed by atoms with Gasteiger partial charge in [0.2, 0.25) is 0 Å². The second-order valence-electron chi connectivity index (χ2n) is 4.70. The molecule has 0 aliphatic carbocycles. The van der Waals surface area contributed by atoms with Crippen molar-refractivity contribution in [1.82, 2.24) is 0 Å². The Hall–Kier alpha value is -1.18. The molecule has 0 saturated carbocycles. The van der Waals surface area contributed by atoms with Crippen LogP contribution in [0.3, 0.4) is 0 Å². The fraction of sp³-hybridized carbons (Fsp3) is 0.600. The Kier molecular flexibility index (Phi) is 4.86. The first-order valence-corrected chi connectivity index (χ1v) is 6.76. The molecule has 0 saturated heterocycles. The van der Waals surface area contributed by atoms with Crippen molar-refractivity contribution in [3.63, 3.8) is 0 Å². The van der Waals surface area contributed by atoms with E-state index < -0.39 is 0 Å². The lowest BCUT2D eigenvalue weighted by Crippen LogP contribution is -2.10. The quantitative estimate of drug-likeness (QED) is 0.764. The third-order valence-corrected chi connectivity index (χ3v) is 3.67. The molecule has 96 valence electrons. The highest BCUT2D eigenvalue weighted by Crippen LogP contribution is 2.33. The Morgan fingerprint density at radius 3 is 1.82 bits per heavy atom. The number of rotatable bonds is 5. The summed E-state index contributed by atoms with van der Waals surface area (Å²) in [5.41, 5.74) is 19.4. The molecule has 17 heavy (non-hydrogen) atoms. The first-order valence-electron chi connectivity index (χ1n) is 6.76. The van der Waals surface area contributed by atoms with Crippen molar-refractivity contribution in [3.8, 4) is 0 Å². The predicted molar refractivity (Wildman–Crippen MR) is 77.4 cm³/mol. The summed E-state index contributed by atoms with van der Waals surface area (Å²) < 4.78 is 0. The first-order chi connectivity index (χ1) is 8.08. The summed E-state index contributed by atoms with van der Waals surface area (Å²) in [5.74, 6) is 0. The molecule has 1 aromatic rings. The normalized spacial score (nSPS) is 10.8. The van der Waals surface area contributed by atoms with E-state index in [2.05, 4.69) is 20.8 Å². The molecule has 0 atom stereocenters. The number of hydrogen-bond donors (Lipinski definition) is 2. The summed E-state index contributed by atoms with van der Waals surface area (Å²) in [5, 5.41) is 0. The first kappa shape index (κ1) is 13.9. The van der Waals surface area contributed by atoms with Gasteiger partial charge in [0.1, 0.15) is 0 Å². The van der Waals surface area contributed by atoms with E-state index in [1.165, 1.54) is 29.5 Å². The minimum atomic E-state index is 0.905. The molecular formula is C15H26N2. The summed E-state index contributed by atoms with van der Waals surface area (Å²) in [7, 11) is 0. The van der Waals surface area contributed by atoms with E-state index in [4.69, 9.17) is 11.5 Å². The van der Waals surface area contributed by atoms with Gasteiger partial charge in [-0.1, -0.05) is 27.2 Å². The lowest BCUT2D eigenvalue weighted by molar-refractivity contribution is 0.785. The predicted octanol–water partition coefficient (Wildman–Crippen LogP) is 3.63. The topological polar surface area (TPSA) is 52.0 Å². The van der Waals surface area contributed by atoms with Gasteiger partial charge in [-0.05, 0) is 54.9 Å². The van der Waals surface area contributed by atoms with Gasteiger partial charge in [0.25, 0.3) is 0 Å². The van der Waals surface area contributed by atoms with E-state index in [0.717, 1.165) is 36.2 Å². The van der Waals surface area contributed by atoms with Crippen LogP contribution in [0.15, 0.2) is 0 Å². The Balaban J connectivity index is 3.39. The van der Waals surface area contributed by atoms with Crippen molar-refractivity contribution in [2.24, 2.45) is 0 Å². The molecule has 1 aromatic carbocycles. The van der Waals surface area contributed by atoms with Gasteiger partial charge >= 0.3 is 0 Å². The highest BCUT2D eigenvalue weighted by atomic mass is 14.6. The molecule has 1 rings (SSSR count). The van der Waals surface area contributed by atoms with Crippen LogP contribution in [0.4, 0.5) is 11.4 Å². The van der Waals surface area contributed by atoms with Crippen molar-refractivity contribution in [2.75, 3.05) is 11.5 Å². The Morgan fingerprint density at radius 2 is 1.35 bits per heavy atom. The summed E-state index contributed by atoms with van der Waals surface area (Å²) in [4.78, 5) is 0. The third-order valence-electron chi connectivity index (χ3n) is 3.67. The zero-order chi connectivity index (χ0) is 13.0. The number of hydrogen-bond acceptors (Lipinski definition) is 2. The molecule has 0 fully saturated rings. The molecule has 0 bridgehead atoms. The summed E-state index contributed by atoms with van der Waals surface area (Å²) in [6, 6.07) is 0. The Morgan fingerprint density at radius 1 is 0.824 bits per heavy atom. The van der Waals surface area contributed by atoms with Crippen LogP contribution in [0, 0.1) is 6.92 Å². The summed E-state index contributed by atoms with van der Waals surface area (Å²) in [6.45, 7) is 8.62. The molecule has 0 heterocycles. The minimum absolute atomic E-state index is 0.905. The molecule has 0 aromatic heterocycles. The number of nitrogens with two attached hydrogens (primary N) is 2. The molecule has 4 N–H and O–H groups in total. The van der Waals surface area contributed by atoms with Gasteiger partial charge in [-0.15, -0.1) is 0 Å². The number of nitrogen functional groups attached to an aromatic ring is 2. The second kappa shape index (κ2) is 5.95. The van der Waals surface area contributed by atoms with Crippen LogP contribution in [0.5, 0.6) is 0 Å². The van der Waals surface area contributed by atoms with Gasteiger partial charge in [-0.2, -0.15) is 0 Å². The van der Waals surface area contributed by atoms with Crippen LogP contribution in [0.25, 0.3) is 0 Å². The van der Waals surface area contributed by atoms with Gasteiger partial charge in [0.05, 0.1) is 0 Å². The molecule has 0 radical (unpaired) electrons. The van der Waals surface area contributed by atoms with Gasteiger partial charge in [-0.25, -0.2) is 0 Å². The maximum Gasteiger partial charge on any atom is 0.0399 e. The zero-order valence-corrected chi connectivity index (χ0v) is 11.7. The van der Waals surface area contributed by atoms with Crippen LogP contribution >= 0.6 is 0 Å². The molecule has 2 heteroatoms. The van der Waals surface area contributed by atoms with E-state index in [1.807, 2.05) is 6.92 Å². The summed E-state index contributed by atoms with van der Waals surface area (Å²) in [6.07, 6.45) is 5.50. The van der Waals surface area contributed by atoms with E-state index in [0.29, 0.717) is 0 Å². The van der Waals surface area contributed by atoms with Crippen LogP contribution in [0.2, 0.25) is 0 Å². The van der Waals surface area contributed by atoms with Crippen LogP contribution in [-0.4, -0.2) is 0 Å². The monoisotopic (exact) mass is 234 g/mol. The van der Waals surface area contributed by atoms with Crippen molar-refractivity contribution >= 4 is 11.4 Å². The van der Waals surface area contributed by atoms with Crippen LogP contribution in [-0.2, 0) is 19.3 Å². The minimum Gasteiger partial charge on any atom is -0.398 e. The Labute approximate surface area is 105 Å². The zero-order valence-electron chi connectivity index (χ0n) is 11.7. The second-order valence-corrected chi connectivity index (χ2v) is 4.70. The number of benzene rings is 1. The molecule has 0 spiro atoms. The van der Waals surface area contributed by atoms with Crippen molar-refractivity contribution in [3.05, 3.63) is 22.3 Å². The molecule has 0 unspecified atom stereocenters.